The molecule has 0 atom stereocenters. The van der Waals surface area contributed by atoms with Gasteiger partial charge in [0.05, 0.1) is 0 Å². The minimum absolute atomic E-state index is 0.256. The van der Waals surface area contributed by atoms with E-state index in [1.54, 1.807) is 0 Å². The van der Waals surface area contributed by atoms with Crippen LogP contribution >= 0.6 is 0 Å². The summed E-state index contributed by atoms with van der Waals surface area (Å²) in [6.07, 6.45) is 0. The molecule has 0 radical (unpaired) electrons. The second-order valence-corrected chi connectivity index (χ2v) is 6.39. The number of para-hydroxylation sites is 2. The fourth-order valence-electron chi connectivity index (χ4n) is 2.59. The number of amides is 2. The highest BCUT2D eigenvalue weighted by atomic mass is 16.2. The molecule has 2 aromatic rings. The van der Waals surface area contributed by atoms with E-state index in [4.69, 9.17) is 0 Å². The van der Waals surface area contributed by atoms with Crippen LogP contribution < -0.4 is 10.6 Å². The molecule has 0 spiro atoms. The summed E-state index contributed by atoms with van der Waals surface area (Å²) in [7, 11) is 0. The van der Waals surface area contributed by atoms with Crippen molar-refractivity contribution in [1.29, 1.82) is 0 Å². The Morgan fingerprint density at radius 1 is 0.667 bits per heavy atom. The third kappa shape index (κ3) is 4.22. The third-order valence-corrected chi connectivity index (χ3v) is 3.87. The van der Waals surface area contributed by atoms with E-state index in [2.05, 4.69) is 10.6 Å². The Hall–Kier alpha value is -2.62. The molecule has 0 saturated carbocycles. The van der Waals surface area contributed by atoms with Crippen molar-refractivity contribution in [2.75, 3.05) is 10.6 Å². The highest BCUT2D eigenvalue weighted by molar-refractivity contribution is 6.43. The van der Waals surface area contributed by atoms with E-state index in [9.17, 15) is 9.59 Å². The van der Waals surface area contributed by atoms with Gasteiger partial charge in [-0.3, -0.25) is 9.59 Å². The molecule has 2 N–H and O–H groups in total. The third-order valence-electron chi connectivity index (χ3n) is 3.87. The number of nitrogens with one attached hydrogen (secondary N) is 2. The van der Waals surface area contributed by atoms with Crippen molar-refractivity contribution in [2.45, 2.75) is 39.5 Å². The van der Waals surface area contributed by atoms with Crippen LogP contribution in [0.3, 0.4) is 0 Å². The van der Waals surface area contributed by atoms with Crippen LogP contribution in [-0.2, 0) is 9.59 Å². The first-order valence-corrected chi connectivity index (χ1v) is 8.20. The molecular weight excluding hydrogens is 300 g/mol. The number of carbonyl (C=O) groups is 2. The molecule has 2 aromatic carbocycles. The number of rotatable bonds is 4. The molecule has 0 aliphatic carbocycles. The van der Waals surface area contributed by atoms with E-state index in [1.165, 1.54) is 0 Å². The second-order valence-electron chi connectivity index (χ2n) is 6.39. The van der Waals surface area contributed by atoms with Crippen LogP contribution in [0.5, 0.6) is 0 Å². The van der Waals surface area contributed by atoms with Crippen LogP contribution in [0.2, 0.25) is 0 Å². The van der Waals surface area contributed by atoms with E-state index in [-0.39, 0.29) is 11.8 Å². The topological polar surface area (TPSA) is 58.2 Å². The predicted molar refractivity (Wildman–Crippen MR) is 98.3 cm³/mol. The number of benzene rings is 2. The summed E-state index contributed by atoms with van der Waals surface area (Å²) in [6, 6.07) is 15.0. The summed E-state index contributed by atoms with van der Waals surface area (Å²) < 4.78 is 0. The van der Waals surface area contributed by atoms with Gasteiger partial charge >= 0.3 is 11.8 Å². The van der Waals surface area contributed by atoms with Gasteiger partial charge in [0.2, 0.25) is 0 Å². The quantitative estimate of drug-likeness (QED) is 0.813. The maximum Gasteiger partial charge on any atom is 0.314 e. The van der Waals surface area contributed by atoms with Gasteiger partial charge in [0, 0.05) is 11.4 Å². The molecule has 0 saturated heterocycles. The monoisotopic (exact) mass is 324 g/mol. The average Bonchev–Trinajstić information content (AvgIpc) is 2.55. The van der Waals surface area contributed by atoms with Gasteiger partial charge in [0.15, 0.2) is 0 Å². The normalized spacial score (nSPS) is 10.8. The zero-order chi connectivity index (χ0) is 17.7. The summed E-state index contributed by atoms with van der Waals surface area (Å²) >= 11 is 0. The van der Waals surface area contributed by atoms with Crippen molar-refractivity contribution < 1.29 is 9.59 Å². The maximum absolute atomic E-state index is 12.2. The van der Waals surface area contributed by atoms with E-state index in [0.29, 0.717) is 11.4 Å². The van der Waals surface area contributed by atoms with Crippen molar-refractivity contribution >= 4 is 23.2 Å². The smallest absolute Gasteiger partial charge is 0.314 e. The fraction of sp³-hybridized carbons (Fsp3) is 0.300. The van der Waals surface area contributed by atoms with E-state index in [1.807, 2.05) is 76.2 Å². The van der Waals surface area contributed by atoms with E-state index in [0.717, 1.165) is 11.1 Å². The lowest BCUT2D eigenvalue weighted by molar-refractivity contribution is -0.133. The highest BCUT2D eigenvalue weighted by Gasteiger charge is 2.18. The minimum atomic E-state index is -0.665. The van der Waals surface area contributed by atoms with Crippen LogP contribution in [0.1, 0.15) is 50.7 Å². The van der Waals surface area contributed by atoms with Crippen LogP contribution in [0.15, 0.2) is 48.5 Å². The number of hydrogen-bond acceptors (Lipinski definition) is 2. The van der Waals surface area contributed by atoms with Crippen LogP contribution in [0.4, 0.5) is 11.4 Å². The number of anilines is 2. The Morgan fingerprint density at radius 3 is 1.33 bits per heavy atom. The summed E-state index contributed by atoms with van der Waals surface area (Å²) in [5, 5.41) is 5.42. The Kier molecular flexibility index (Phi) is 5.74. The van der Waals surface area contributed by atoms with Crippen molar-refractivity contribution in [3.8, 4) is 0 Å². The van der Waals surface area contributed by atoms with Crippen molar-refractivity contribution in [3.63, 3.8) is 0 Å². The zero-order valence-corrected chi connectivity index (χ0v) is 14.6. The van der Waals surface area contributed by atoms with E-state index >= 15 is 0 Å². The Balaban J connectivity index is 2.13. The molecule has 0 aliphatic heterocycles. The Bertz CT molecular complexity index is 672. The van der Waals surface area contributed by atoms with Gasteiger partial charge in [-0.2, -0.15) is 0 Å². The summed E-state index contributed by atoms with van der Waals surface area (Å²) in [5.41, 5.74) is 3.34. The first-order valence-electron chi connectivity index (χ1n) is 8.20. The van der Waals surface area contributed by atoms with Crippen molar-refractivity contribution in [3.05, 3.63) is 59.7 Å². The molecule has 4 nitrogen and oxygen atoms in total. The molecule has 2 rings (SSSR count). The molecular formula is C20H24N2O2. The van der Waals surface area contributed by atoms with Crippen molar-refractivity contribution in [2.24, 2.45) is 0 Å². The fourth-order valence-corrected chi connectivity index (χ4v) is 2.59. The number of carbonyl (C=O) groups excluding carboxylic acids is 2. The van der Waals surface area contributed by atoms with Crippen LogP contribution in [0.25, 0.3) is 0 Å². The Labute approximate surface area is 143 Å². The molecule has 0 unspecified atom stereocenters. The lowest BCUT2D eigenvalue weighted by Crippen LogP contribution is -2.30. The highest BCUT2D eigenvalue weighted by Crippen LogP contribution is 2.25. The van der Waals surface area contributed by atoms with Gasteiger partial charge < -0.3 is 10.6 Å². The van der Waals surface area contributed by atoms with Gasteiger partial charge in [0.25, 0.3) is 0 Å². The molecule has 0 aromatic heterocycles. The van der Waals surface area contributed by atoms with Gasteiger partial charge in [-0.05, 0) is 35.1 Å². The lowest BCUT2D eigenvalue weighted by atomic mass is 10.0. The van der Waals surface area contributed by atoms with E-state index < -0.39 is 11.8 Å². The molecule has 4 heteroatoms. The maximum atomic E-state index is 12.2. The standard InChI is InChI=1S/C20H24N2O2/c1-13(2)15-9-5-7-11-17(15)21-19(23)20(24)22-18-12-8-6-10-16(18)14(3)4/h5-14H,1-4H3,(H,21,23)(H,22,24). The summed E-state index contributed by atoms with van der Waals surface area (Å²) in [4.78, 5) is 24.5. The lowest BCUT2D eigenvalue weighted by Gasteiger charge is -2.15. The largest absolute Gasteiger partial charge is 0.318 e. The Morgan fingerprint density at radius 2 is 1.00 bits per heavy atom. The van der Waals surface area contributed by atoms with Gasteiger partial charge in [0.1, 0.15) is 0 Å². The first-order chi connectivity index (χ1) is 11.4. The first kappa shape index (κ1) is 17.7. The van der Waals surface area contributed by atoms with Gasteiger partial charge in [-0.15, -0.1) is 0 Å². The molecule has 0 aliphatic rings. The molecule has 0 heterocycles. The minimum Gasteiger partial charge on any atom is -0.318 e. The summed E-state index contributed by atoms with van der Waals surface area (Å²) in [6.45, 7) is 8.18. The molecule has 24 heavy (non-hydrogen) atoms. The van der Waals surface area contributed by atoms with Gasteiger partial charge in [-0.1, -0.05) is 64.1 Å². The molecule has 126 valence electrons. The van der Waals surface area contributed by atoms with Crippen molar-refractivity contribution in [1.82, 2.24) is 0 Å². The molecule has 2 amide bonds. The second kappa shape index (κ2) is 7.77. The SMILES string of the molecule is CC(C)c1ccccc1NC(=O)C(=O)Nc1ccccc1C(C)C. The summed E-state index contributed by atoms with van der Waals surface area (Å²) in [5.74, 6) is -0.819. The molecule has 0 fully saturated rings. The van der Waals surface area contributed by atoms with Gasteiger partial charge in [-0.25, -0.2) is 0 Å². The average molecular weight is 324 g/mol. The predicted octanol–water partition coefficient (Wildman–Crippen LogP) is 4.51. The van der Waals surface area contributed by atoms with Crippen LogP contribution in [0, 0.1) is 0 Å². The zero-order valence-electron chi connectivity index (χ0n) is 14.6. The molecule has 0 bridgehead atoms. The van der Waals surface area contributed by atoms with Crippen LogP contribution in [-0.4, -0.2) is 11.8 Å². The number of hydrogen-bond donors (Lipinski definition) is 2.